The highest BCUT2D eigenvalue weighted by Crippen LogP contribution is 2.12. The van der Waals surface area contributed by atoms with E-state index in [1.165, 1.54) is 6.20 Å². The first-order valence-electron chi connectivity index (χ1n) is 6.29. The summed E-state index contributed by atoms with van der Waals surface area (Å²) < 4.78 is 1.89. The Hall–Kier alpha value is -1.68. The fraction of sp³-hybridized carbons (Fsp3) is 0.357. The number of Topliss-reactive ketones (excluding diaryl/α,β-unsaturated/α-hetero) is 1. The first kappa shape index (κ1) is 13.7. The molecule has 2 aromatic heterocycles. The molecule has 2 heterocycles. The third-order valence-corrected chi connectivity index (χ3v) is 3.32. The number of carbonyl (C=O) groups excluding carboxylic acids is 1. The van der Waals surface area contributed by atoms with Crippen LogP contribution in [0.25, 0.3) is 0 Å². The molecule has 4 nitrogen and oxygen atoms in total. The summed E-state index contributed by atoms with van der Waals surface area (Å²) in [5.74, 6) is -0.00133. The van der Waals surface area contributed by atoms with E-state index < -0.39 is 0 Å². The van der Waals surface area contributed by atoms with Crippen LogP contribution in [0.2, 0.25) is 5.15 Å². The molecule has 0 saturated carbocycles. The Morgan fingerprint density at radius 2 is 2.21 bits per heavy atom. The lowest BCUT2D eigenvalue weighted by molar-refractivity contribution is 0.0991. The summed E-state index contributed by atoms with van der Waals surface area (Å²) in [6.45, 7) is 4.21. The zero-order chi connectivity index (χ0) is 13.8. The number of halogens is 1. The topological polar surface area (TPSA) is 47.8 Å². The second-order valence-electron chi connectivity index (χ2n) is 4.51. The third-order valence-electron chi connectivity index (χ3n) is 3.10. The number of hydrogen-bond acceptors (Lipinski definition) is 3. The van der Waals surface area contributed by atoms with Crippen LogP contribution in [-0.2, 0) is 6.42 Å². The Morgan fingerprint density at radius 1 is 1.42 bits per heavy atom. The Balaban J connectivity index is 2.06. The Kier molecular flexibility index (Phi) is 4.32. The van der Waals surface area contributed by atoms with E-state index in [-0.39, 0.29) is 12.2 Å². The summed E-state index contributed by atoms with van der Waals surface area (Å²) in [6.07, 6.45) is 4.70. The smallest absolute Gasteiger partial charge is 0.170 e. The maximum atomic E-state index is 12.0. The van der Waals surface area contributed by atoms with Gasteiger partial charge in [-0.25, -0.2) is 4.98 Å². The molecule has 100 valence electrons. The average Bonchev–Trinajstić information content (AvgIpc) is 2.87. The highest BCUT2D eigenvalue weighted by Gasteiger charge is 2.11. The zero-order valence-corrected chi connectivity index (χ0v) is 11.8. The van der Waals surface area contributed by atoms with Crippen LogP contribution >= 0.6 is 11.6 Å². The minimum Gasteiger partial charge on any atom is -0.294 e. The minimum absolute atomic E-state index is 0.00133. The number of hydrogen-bond donors (Lipinski definition) is 0. The molecule has 0 aromatic carbocycles. The van der Waals surface area contributed by atoms with Crippen molar-refractivity contribution in [1.82, 2.24) is 14.8 Å². The van der Waals surface area contributed by atoms with Gasteiger partial charge in [0.05, 0.1) is 12.1 Å². The van der Waals surface area contributed by atoms with Crippen molar-refractivity contribution >= 4 is 17.4 Å². The summed E-state index contributed by atoms with van der Waals surface area (Å²) in [6, 6.07) is 5.53. The van der Waals surface area contributed by atoms with E-state index in [2.05, 4.69) is 23.9 Å². The van der Waals surface area contributed by atoms with Crippen LogP contribution in [0.3, 0.4) is 0 Å². The fourth-order valence-electron chi connectivity index (χ4n) is 1.71. The monoisotopic (exact) mass is 277 g/mol. The quantitative estimate of drug-likeness (QED) is 0.622. The maximum Gasteiger partial charge on any atom is 0.170 e. The lowest BCUT2D eigenvalue weighted by Gasteiger charge is -2.07. The van der Waals surface area contributed by atoms with Crippen LogP contribution in [0.1, 0.15) is 42.4 Å². The van der Waals surface area contributed by atoms with Gasteiger partial charge in [-0.15, -0.1) is 0 Å². The van der Waals surface area contributed by atoms with Gasteiger partial charge >= 0.3 is 0 Å². The van der Waals surface area contributed by atoms with E-state index in [4.69, 9.17) is 11.6 Å². The summed E-state index contributed by atoms with van der Waals surface area (Å²) in [7, 11) is 0. The van der Waals surface area contributed by atoms with Crippen molar-refractivity contribution in [3.05, 3.63) is 47.0 Å². The molecule has 0 N–H and O–H groups in total. The van der Waals surface area contributed by atoms with Crippen LogP contribution < -0.4 is 0 Å². The van der Waals surface area contributed by atoms with Crippen LogP contribution in [0.4, 0.5) is 0 Å². The molecule has 0 radical (unpaired) electrons. The molecule has 19 heavy (non-hydrogen) atoms. The molecule has 0 aliphatic rings. The molecule has 0 amide bonds. The highest BCUT2D eigenvalue weighted by molar-refractivity contribution is 6.29. The summed E-state index contributed by atoms with van der Waals surface area (Å²) >= 11 is 5.69. The van der Waals surface area contributed by atoms with Crippen molar-refractivity contribution < 1.29 is 4.79 Å². The van der Waals surface area contributed by atoms with Crippen LogP contribution in [-0.4, -0.2) is 20.5 Å². The molecule has 1 unspecified atom stereocenters. The molecule has 0 aliphatic heterocycles. The number of nitrogens with zero attached hydrogens (tertiary/aromatic N) is 3. The first-order chi connectivity index (χ1) is 9.10. The maximum absolute atomic E-state index is 12.0. The second-order valence-corrected chi connectivity index (χ2v) is 4.90. The summed E-state index contributed by atoms with van der Waals surface area (Å²) in [5, 5.41) is 4.80. The number of aromatic nitrogens is 3. The van der Waals surface area contributed by atoms with Crippen molar-refractivity contribution in [2.75, 3.05) is 0 Å². The Labute approximate surface area is 117 Å². The molecular weight excluding hydrogens is 262 g/mol. The molecule has 0 bridgehead atoms. The molecule has 0 aliphatic carbocycles. The van der Waals surface area contributed by atoms with Gasteiger partial charge in [-0.2, -0.15) is 5.10 Å². The van der Waals surface area contributed by atoms with Crippen molar-refractivity contribution in [3.63, 3.8) is 0 Å². The van der Waals surface area contributed by atoms with Gasteiger partial charge in [-0.1, -0.05) is 18.5 Å². The van der Waals surface area contributed by atoms with Gasteiger partial charge in [-0.05, 0) is 31.5 Å². The molecule has 5 heteroatoms. The van der Waals surface area contributed by atoms with Gasteiger partial charge in [0.1, 0.15) is 5.15 Å². The Morgan fingerprint density at radius 3 is 2.84 bits per heavy atom. The van der Waals surface area contributed by atoms with E-state index in [0.29, 0.717) is 16.8 Å². The molecule has 2 aromatic rings. The molecule has 0 spiro atoms. The van der Waals surface area contributed by atoms with Gasteiger partial charge in [0, 0.05) is 24.0 Å². The number of rotatable bonds is 5. The lowest BCUT2D eigenvalue weighted by atomic mass is 10.1. The fourth-order valence-corrected chi connectivity index (χ4v) is 1.82. The highest BCUT2D eigenvalue weighted by atomic mass is 35.5. The molecule has 0 saturated heterocycles. The molecule has 2 rings (SSSR count). The minimum atomic E-state index is -0.00133. The summed E-state index contributed by atoms with van der Waals surface area (Å²) in [5.41, 5.74) is 1.34. The van der Waals surface area contributed by atoms with Crippen LogP contribution in [0.5, 0.6) is 0 Å². The zero-order valence-electron chi connectivity index (χ0n) is 11.0. The average molecular weight is 278 g/mol. The lowest BCUT2D eigenvalue weighted by Crippen LogP contribution is -2.08. The number of pyridine rings is 1. The van der Waals surface area contributed by atoms with E-state index in [9.17, 15) is 4.79 Å². The van der Waals surface area contributed by atoms with Gasteiger partial charge in [0.2, 0.25) is 0 Å². The standard InChI is InChI=1S/C14H16ClN3O/c1-3-10(2)18-7-6-12(17-18)8-13(19)11-4-5-14(15)16-9-11/h4-7,9-10H,3,8H2,1-2H3. The van der Waals surface area contributed by atoms with E-state index in [1.807, 2.05) is 16.9 Å². The van der Waals surface area contributed by atoms with Crippen molar-refractivity contribution in [1.29, 1.82) is 0 Å². The molecule has 1 atom stereocenters. The van der Waals surface area contributed by atoms with Crippen molar-refractivity contribution in [3.8, 4) is 0 Å². The SMILES string of the molecule is CCC(C)n1ccc(CC(=O)c2ccc(Cl)nc2)n1. The molecular formula is C14H16ClN3O. The van der Waals surface area contributed by atoms with Crippen molar-refractivity contribution in [2.24, 2.45) is 0 Å². The Bertz CT molecular complexity index is 562. The van der Waals surface area contributed by atoms with E-state index >= 15 is 0 Å². The molecule has 0 fully saturated rings. The van der Waals surface area contributed by atoms with Gasteiger partial charge in [0.25, 0.3) is 0 Å². The van der Waals surface area contributed by atoms with E-state index in [1.54, 1.807) is 12.1 Å². The van der Waals surface area contributed by atoms with Crippen LogP contribution in [0.15, 0.2) is 30.6 Å². The van der Waals surface area contributed by atoms with Gasteiger partial charge in [-0.3, -0.25) is 9.48 Å². The summed E-state index contributed by atoms with van der Waals surface area (Å²) in [4.78, 5) is 15.9. The van der Waals surface area contributed by atoms with Gasteiger partial charge < -0.3 is 0 Å². The van der Waals surface area contributed by atoms with E-state index in [0.717, 1.165) is 12.1 Å². The van der Waals surface area contributed by atoms with Gasteiger partial charge in [0.15, 0.2) is 5.78 Å². The predicted molar refractivity (Wildman–Crippen MR) is 74.5 cm³/mol. The second kappa shape index (κ2) is 5.97. The van der Waals surface area contributed by atoms with Crippen LogP contribution in [0, 0.1) is 0 Å². The largest absolute Gasteiger partial charge is 0.294 e. The number of carbonyl (C=O) groups is 1. The normalized spacial score (nSPS) is 12.4. The first-order valence-corrected chi connectivity index (χ1v) is 6.66. The predicted octanol–water partition coefficient (Wildman–Crippen LogP) is 3.33. The number of ketones is 1. The third kappa shape index (κ3) is 3.41. The van der Waals surface area contributed by atoms with Crippen molar-refractivity contribution in [2.45, 2.75) is 32.7 Å².